The zero-order chi connectivity index (χ0) is 19.4. The number of hydrogen-bond acceptors (Lipinski definition) is 5. The second-order valence-corrected chi connectivity index (χ2v) is 7.94. The van der Waals surface area contributed by atoms with Gasteiger partial charge in [-0.2, -0.15) is 0 Å². The van der Waals surface area contributed by atoms with Crippen LogP contribution in [0.3, 0.4) is 0 Å². The van der Waals surface area contributed by atoms with Crippen LogP contribution >= 0.6 is 11.3 Å². The van der Waals surface area contributed by atoms with Gasteiger partial charge in [0.1, 0.15) is 5.75 Å². The number of hydrogen-bond donors (Lipinski definition) is 0. The van der Waals surface area contributed by atoms with Gasteiger partial charge in [-0.15, -0.1) is 0 Å². The molecule has 0 spiro atoms. The Labute approximate surface area is 164 Å². The quantitative estimate of drug-likeness (QED) is 0.646. The molecule has 0 saturated carbocycles. The lowest BCUT2D eigenvalue weighted by Gasteiger charge is -2.20. The molecule has 146 valence electrons. The van der Waals surface area contributed by atoms with Gasteiger partial charge in [0.25, 0.3) is 0 Å². The van der Waals surface area contributed by atoms with Crippen molar-refractivity contribution < 1.29 is 14.3 Å². The molecule has 1 fully saturated rings. The van der Waals surface area contributed by atoms with Crippen LogP contribution in [-0.2, 0) is 9.59 Å². The van der Waals surface area contributed by atoms with Gasteiger partial charge in [-0.1, -0.05) is 31.1 Å². The molecule has 7 heteroatoms. The third-order valence-corrected chi connectivity index (χ3v) is 5.88. The summed E-state index contributed by atoms with van der Waals surface area (Å²) < 4.78 is 6.51. The third kappa shape index (κ3) is 4.40. The number of rotatable bonds is 8. The molecule has 2 aromatic rings. The highest BCUT2D eigenvalue weighted by atomic mass is 32.1. The standard InChI is InChI=1S/C20H27N3O3S/c1-4-6-7-10-22(3)19(25)14-11-18(24)23(13-14)20-21-16-9-8-15(26-5-2)12-17(16)27-20/h8-9,12,14H,4-7,10-11,13H2,1-3H3. The van der Waals surface area contributed by atoms with Gasteiger partial charge in [-0.05, 0) is 31.5 Å². The number of carbonyl (C=O) groups excluding carboxylic acids is 2. The topological polar surface area (TPSA) is 62.7 Å². The van der Waals surface area contributed by atoms with Crippen molar-refractivity contribution in [3.05, 3.63) is 18.2 Å². The summed E-state index contributed by atoms with van der Waals surface area (Å²) >= 11 is 1.47. The van der Waals surface area contributed by atoms with E-state index in [1.54, 1.807) is 9.80 Å². The second kappa shape index (κ2) is 8.69. The summed E-state index contributed by atoms with van der Waals surface area (Å²) in [5.74, 6) is 0.547. The lowest BCUT2D eigenvalue weighted by atomic mass is 10.1. The van der Waals surface area contributed by atoms with Gasteiger partial charge in [0.2, 0.25) is 11.8 Å². The van der Waals surface area contributed by atoms with Crippen molar-refractivity contribution in [2.24, 2.45) is 5.92 Å². The summed E-state index contributed by atoms with van der Waals surface area (Å²) in [6.07, 6.45) is 3.50. The fourth-order valence-electron chi connectivity index (χ4n) is 3.34. The van der Waals surface area contributed by atoms with Crippen LogP contribution in [0.1, 0.15) is 39.5 Å². The van der Waals surface area contributed by atoms with E-state index < -0.39 is 0 Å². The lowest BCUT2D eigenvalue weighted by molar-refractivity contribution is -0.134. The average molecular weight is 390 g/mol. The van der Waals surface area contributed by atoms with Gasteiger partial charge in [0.05, 0.1) is 22.7 Å². The van der Waals surface area contributed by atoms with Crippen LogP contribution in [0.25, 0.3) is 10.2 Å². The van der Waals surface area contributed by atoms with Gasteiger partial charge in [0, 0.05) is 26.6 Å². The summed E-state index contributed by atoms with van der Waals surface area (Å²) in [7, 11) is 1.83. The molecule has 1 aromatic heterocycles. The second-order valence-electron chi connectivity index (χ2n) is 6.93. The minimum absolute atomic E-state index is 0.0283. The molecular weight excluding hydrogens is 362 g/mol. The largest absolute Gasteiger partial charge is 0.494 e. The molecular formula is C20H27N3O3S. The normalized spacial score (nSPS) is 16.9. The third-order valence-electron chi connectivity index (χ3n) is 4.84. The molecule has 0 N–H and O–H groups in total. The van der Waals surface area contributed by atoms with E-state index in [9.17, 15) is 9.59 Å². The SMILES string of the molecule is CCCCCN(C)C(=O)C1CC(=O)N(c2nc3ccc(OCC)cc3s2)C1. The van der Waals surface area contributed by atoms with Crippen molar-refractivity contribution in [1.29, 1.82) is 0 Å². The van der Waals surface area contributed by atoms with Crippen molar-refractivity contribution in [1.82, 2.24) is 9.88 Å². The van der Waals surface area contributed by atoms with Gasteiger partial charge in [-0.3, -0.25) is 14.5 Å². The van der Waals surface area contributed by atoms with Gasteiger partial charge in [0.15, 0.2) is 5.13 Å². The summed E-state index contributed by atoms with van der Waals surface area (Å²) in [5.41, 5.74) is 0.845. The molecule has 1 saturated heterocycles. The minimum Gasteiger partial charge on any atom is -0.494 e. The van der Waals surface area contributed by atoms with Gasteiger partial charge in [-0.25, -0.2) is 4.98 Å². The average Bonchev–Trinajstić information content (AvgIpc) is 3.24. The van der Waals surface area contributed by atoms with Crippen molar-refractivity contribution in [2.75, 3.05) is 31.6 Å². The summed E-state index contributed by atoms with van der Waals surface area (Å²) in [6.45, 7) is 5.86. The first-order chi connectivity index (χ1) is 13.0. The number of benzene rings is 1. The molecule has 0 aliphatic carbocycles. The summed E-state index contributed by atoms with van der Waals surface area (Å²) in [5, 5.41) is 0.660. The zero-order valence-corrected chi connectivity index (χ0v) is 17.1. The highest BCUT2D eigenvalue weighted by Crippen LogP contribution is 2.34. The Bertz CT molecular complexity index is 820. The Morgan fingerprint density at radius 1 is 1.37 bits per heavy atom. The molecule has 3 rings (SSSR count). The number of carbonyl (C=O) groups is 2. The van der Waals surface area contributed by atoms with Crippen molar-refractivity contribution in [3.63, 3.8) is 0 Å². The number of aromatic nitrogens is 1. The van der Waals surface area contributed by atoms with Crippen LogP contribution in [0.2, 0.25) is 0 Å². The molecule has 6 nitrogen and oxygen atoms in total. The summed E-state index contributed by atoms with van der Waals surface area (Å²) in [4.78, 5) is 33.2. The van der Waals surface area contributed by atoms with E-state index in [-0.39, 0.29) is 24.2 Å². The van der Waals surface area contributed by atoms with Crippen molar-refractivity contribution in [3.8, 4) is 5.75 Å². The van der Waals surface area contributed by atoms with Gasteiger partial charge >= 0.3 is 0 Å². The summed E-state index contributed by atoms with van der Waals surface area (Å²) in [6, 6.07) is 5.74. The Balaban J connectivity index is 1.70. The van der Waals surface area contributed by atoms with Crippen LogP contribution in [0.4, 0.5) is 5.13 Å². The number of unbranched alkanes of at least 4 members (excludes halogenated alkanes) is 2. The molecule has 1 aromatic carbocycles. The fraction of sp³-hybridized carbons (Fsp3) is 0.550. The highest BCUT2D eigenvalue weighted by molar-refractivity contribution is 7.22. The maximum Gasteiger partial charge on any atom is 0.229 e. The van der Waals surface area contributed by atoms with Crippen LogP contribution in [-0.4, -0.2) is 48.4 Å². The molecule has 1 aliphatic heterocycles. The first-order valence-corrected chi connectivity index (χ1v) is 10.4. The molecule has 1 unspecified atom stereocenters. The molecule has 1 aliphatic rings. The smallest absolute Gasteiger partial charge is 0.229 e. The van der Waals surface area contributed by atoms with Crippen molar-refractivity contribution in [2.45, 2.75) is 39.5 Å². The van der Waals surface area contributed by atoms with E-state index in [0.717, 1.165) is 41.8 Å². The molecule has 27 heavy (non-hydrogen) atoms. The number of fused-ring (bicyclic) bond motifs is 1. The van der Waals surface area contributed by atoms with E-state index in [0.29, 0.717) is 18.3 Å². The lowest BCUT2D eigenvalue weighted by Crippen LogP contribution is -2.35. The zero-order valence-electron chi connectivity index (χ0n) is 16.2. The maximum atomic E-state index is 12.7. The Hall–Kier alpha value is -2.15. The molecule has 0 bridgehead atoms. The molecule has 2 heterocycles. The van der Waals surface area contributed by atoms with E-state index >= 15 is 0 Å². The van der Waals surface area contributed by atoms with E-state index in [2.05, 4.69) is 11.9 Å². The number of thiazole rings is 1. The van der Waals surface area contributed by atoms with Crippen molar-refractivity contribution >= 4 is 38.5 Å². The van der Waals surface area contributed by atoms with E-state index in [4.69, 9.17) is 4.74 Å². The monoisotopic (exact) mass is 389 g/mol. The fourth-order valence-corrected chi connectivity index (χ4v) is 4.36. The number of ether oxygens (including phenoxy) is 1. The predicted molar refractivity (Wildman–Crippen MR) is 108 cm³/mol. The minimum atomic E-state index is -0.282. The molecule has 0 radical (unpaired) electrons. The van der Waals surface area contributed by atoms with Crippen LogP contribution in [0.5, 0.6) is 5.75 Å². The van der Waals surface area contributed by atoms with E-state index in [1.807, 2.05) is 32.2 Å². The van der Waals surface area contributed by atoms with Crippen LogP contribution < -0.4 is 9.64 Å². The molecule has 1 atom stereocenters. The number of amides is 2. The Kier molecular flexibility index (Phi) is 6.31. The first-order valence-electron chi connectivity index (χ1n) is 9.62. The maximum absolute atomic E-state index is 12.7. The van der Waals surface area contributed by atoms with E-state index in [1.165, 1.54) is 11.3 Å². The predicted octanol–water partition coefficient (Wildman–Crippen LogP) is 3.70. The molecule has 2 amide bonds. The number of nitrogens with zero attached hydrogens (tertiary/aromatic N) is 3. The van der Waals surface area contributed by atoms with Gasteiger partial charge < -0.3 is 9.64 Å². The number of anilines is 1. The van der Waals surface area contributed by atoms with Crippen LogP contribution in [0.15, 0.2) is 18.2 Å². The Morgan fingerprint density at radius 2 is 2.19 bits per heavy atom. The van der Waals surface area contributed by atoms with Crippen LogP contribution in [0, 0.1) is 5.92 Å². The highest BCUT2D eigenvalue weighted by Gasteiger charge is 2.37. The Morgan fingerprint density at radius 3 is 2.93 bits per heavy atom. The first kappa shape index (κ1) is 19.6.